The molecule has 0 bridgehead atoms. The molecule has 0 aromatic carbocycles. The predicted octanol–water partition coefficient (Wildman–Crippen LogP) is 1.50. The summed E-state index contributed by atoms with van der Waals surface area (Å²) in [5, 5.41) is 0.517. The molecule has 0 saturated carbocycles. The van der Waals surface area contributed by atoms with Gasteiger partial charge >= 0.3 is 0 Å². The Hall–Kier alpha value is -0.830. The number of rotatable bonds is 1. The van der Waals surface area contributed by atoms with E-state index in [1.807, 2.05) is 25.9 Å². The van der Waals surface area contributed by atoms with Gasteiger partial charge in [0.1, 0.15) is 17.3 Å². The Morgan fingerprint density at radius 2 is 2.00 bits per heavy atom. The van der Waals surface area contributed by atoms with Crippen molar-refractivity contribution in [1.29, 1.82) is 0 Å². The van der Waals surface area contributed by atoms with Crippen molar-refractivity contribution in [2.75, 3.05) is 19.0 Å². The van der Waals surface area contributed by atoms with Crippen molar-refractivity contribution in [2.45, 2.75) is 6.92 Å². The number of aromatic nitrogens is 2. The number of anilines is 1. The van der Waals surface area contributed by atoms with Crippen LogP contribution in [-0.4, -0.2) is 24.1 Å². The zero-order valence-electron chi connectivity index (χ0n) is 6.80. The third-order valence-corrected chi connectivity index (χ3v) is 1.80. The van der Waals surface area contributed by atoms with Crippen molar-refractivity contribution >= 4 is 17.4 Å². The van der Waals surface area contributed by atoms with Crippen LogP contribution >= 0.6 is 11.6 Å². The predicted molar refractivity (Wildman–Crippen MR) is 46.1 cm³/mol. The highest BCUT2D eigenvalue weighted by atomic mass is 35.5. The molecule has 0 atom stereocenters. The summed E-state index contributed by atoms with van der Waals surface area (Å²) in [7, 11) is 3.84. The smallest absolute Gasteiger partial charge is 0.137 e. The van der Waals surface area contributed by atoms with Gasteiger partial charge in [0.25, 0.3) is 0 Å². The van der Waals surface area contributed by atoms with E-state index in [1.165, 1.54) is 6.33 Å². The van der Waals surface area contributed by atoms with Crippen molar-refractivity contribution in [3.63, 3.8) is 0 Å². The Bertz CT molecular complexity index is 260. The van der Waals surface area contributed by atoms with Crippen LogP contribution in [0.15, 0.2) is 6.33 Å². The van der Waals surface area contributed by atoms with E-state index in [0.717, 1.165) is 11.4 Å². The second-order valence-corrected chi connectivity index (χ2v) is 2.87. The van der Waals surface area contributed by atoms with Crippen molar-refractivity contribution in [2.24, 2.45) is 0 Å². The molecule has 0 N–H and O–H groups in total. The molecular weight excluding hydrogens is 162 g/mol. The Morgan fingerprint density at radius 1 is 1.36 bits per heavy atom. The molecule has 60 valence electrons. The minimum absolute atomic E-state index is 0.517. The first-order valence-electron chi connectivity index (χ1n) is 3.27. The molecule has 0 radical (unpaired) electrons. The number of nitrogens with zero attached hydrogens (tertiary/aromatic N) is 3. The number of hydrogen-bond donors (Lipinski definition) is 0. The van der Waals surface area contributed by atoms with Gasteiger partial charge in [0.05, 0.1) is 0 Å². The Balaban J connectivity index is 3.17. The highest BCUT2D eigenvalue weighted by molar-refractivity contribution is 6.30. The maximum atomic E-state index is 5.78. The molecule has 11 heavy (non-hydrogen) atoms. The van der Waals surface area contributed by atoms with Crippen LogP contribution in [0.5, 0.6) is 0 Å². The fourth-order valence-electron chi connectivity index (χ4n) is 0.871. The van der Waals surface area contributed by atoms with Crippen molar-refractivity contribution in [3.05, 3.63) is 17.0 Å². The molecule has 1 aromatic rings. The van der Waals surface area contributed by atoms with E-state index in [0.29, 0.717) is 5.15 Å². The maximum Gasteiger partial charge on any atom is 0.137 e. The molecule has 0 amide bonds. The summed E-state index contributed by atoms with van der Waals surface area (Å²) in [5.74, 6) is 0.866. The first-order chi connectivity index (χ1) is 5.13. The van der Waals surface area contributed by atoms with E-state index < -0.39 is 0 Å². The van der Waals surface area contributed by atoms with Crippen LogP contribution in [0.4, 0.5) is 5.82 Å². The van der Waals surface area contributed by atoms with Crippen LogP contribution in [0.25, 0.3) is 0 Å². The van der Waals surface area contributed by atoms with Gasteiger partial charge in [-0.15, -0.1) is 0 Å². The molecule has 0 spiro atoms. The van der Waals surface area contributed by atoms with Gasteiger partial charge in [0.15, 0.2) is 0 Å². The highest BCUT2D eigenvalue weighted by Crippen LogP contribution is 2.19. The third-order valence-electron chi connectivity index (χ3n) is 1.42. The lowest BCUT2D eigenvalue weighted by Gasteiger charge is -2.13. The summed E-state index contributed by atoms with van der Waals surface area (Å²) >= 11 is 5.78. The van der Waals surface area contributed by atoms with E-state index in [1.54, 1.807) is 0 Å². The number of halogens is 1. The topological polar surface area (TPSA) is 29.0 Å². The van der Waals surface area contributed by atoms with Crippen LogP contribution < -0.4 is 4.90 Å². The molecule has 0 aliphatic carbocycles. The Labute approximate surface area is 71.0 Å². The van der Waals surface area contributed by atoms with E-state index >= 15 is 0 Å². The summed E-state index contributed by atoms with van der Waals surface area (Å²) in [6.07, 6.45) is 1.46. The van der Waals surface area contributed by atoms with Gasteiger partial charge in [0, 0.05) is 19.7 Å². The number of hydrogen-bond acceptors (Lipinski definition) is 3. The second-order valence-electron chi connectivity index (χ2n) is 2.51. The van der Waals surface area contributed by atoms with Crippen molar-refractivity contribution in [1.82, 2.24) is 9.97 Å². The minimum Gasteiger partial charge on any atom is -0.362 e. The lowest BCUT2D eigenvalue weighted by Crippen LogP contribution is -2.12. The lowest BCUT2D eigenvalue weighted by molar-refractivity contribution is 1.01. The van der Waals surface area contributed by atoms with Gasteiger partial charge in [0.2, 0.25) is 0 Å². The quantitative estimate of drug-likeness (QED) is 0.600. The molecule has 0 saturated heterocycles. The second kappa shape index (κ2) is 3.05. The summed E-state index contributed by atoms with van der Waals surface area (Å²) in [5.41, 5.74) is 0.916. The van der Waals surface area contributed by atoms with E-state index in [4.69, 9.17) is 11.6 Å². The van der Waals surface area contributed by atoms with Crippen LogP contribution in [0.3, 0.4) is 0 Å². The standard InChI is InChI=1S/C7H10ClN3/c1-5-6(8)9-4-10-7(5)11(2)3/h4H,1-3H3. The largest absolute Gasteiger partial charge is 0.362 e. The van der Waals surface area contributed by atoms with E-state index in [-0.39, 0.29) is 0 Å². The normalized spacial score (nSPS) is 9.82. The average molecular weight is 172 g/mol. The molecule has 4 heteroatoms. The lowest BCUT2D eigenvalue weighted by atomic mass is 10.3. The van der Waals surface area contributed by atoms with Crippen molar-refractivity contribution < 1.29 is 0 Å². The van der Waals surface area contributed by atoms with Gasteiger partial charge in [-0.1, -0.05) is 11.6 Å². The zero-order chi connectivity index (χ0) is 8.43. The molecule has 0 fully saturated rings. The van der Waals surface area contributed by atoms with Gasteiger partial charge in [-0.25, -0.2) is 9.97 Å². The third kappa shape index (κ3) is 1.60. The first-order valence-corrected chi connectivity index (χ1v) is 3.65. The SMILES string of the molecule is Cc1c(Cl)ncnc1N(C)C. The van der Waals surface area contributed by atoms with Gasteiger partial charge < -0.3 is 4.90 Å². The van der Waals surface area contributed by atoms with E-state index in [2.05, 4.69) is 9.97 Å². The van der Waals surface area contributed by atoms with Gasteiger partial charge in [-0.2, -0.15) is 0 Å². The molecule has 1 aromatic heterocycles. The summed E-state index contributed by atoms with van der Waals surface area (Å²) < 4.78 is 0. The molecule has 3 nitrogen and oxygen atoms in total. The van der Waals surface area contributed by atoms with Crippen molar-refractivity contribution in [3.8, 4) is 0 Å². The summed E-state index contributed by atoms with van der Waals surface area (Å²) in [6, 6.07) is 0. The molecule has 1 rings (SSSR count). The average Bonchev–Trinajstić information content (AvgIpc) is 1.94. The molecular formula is C7H10ClN3. The Morgan fingerprint density at radius 3 is 2.45 bits per heavy atom. The first kappa shape index (κ1) is 8.27. The monoisotopic (exact) mass is 171 g/mol. The Kier molecular flexibility index (Phi) is 2.29. The molecule has 0 aliphatic heterocycles. The fraction of sp³-hybridized carbons (Fsp3) is 0.429. The van der Waals surface area contributed by atoms with Gasteiger partial charge in [-0.05, 0) is 6.92 Å². The summed E-state index contributed by atoms with van der Waals surface area (Å²) in [6.45, 7) is 1.90. The molecule has 0 aliphatic rings. The van der Waals surface area contributed by atoms with Crippen LogP contribution in [0.1, 0.15) is 5.56 Å². The highest BCUT2D eigenvalue weighted by Gasteiger charge is 2.04. The zero-order valence-corrected chi connectivity index (χ0v) is 7.55. The fourth-order valence-corrected chi connectivity index (χ4v) is 0.999. The van der Waals surface area contributed by atoms with Crippen LogP contribution in [0.2, 0.25) is 5.15 Å². The van der Waals surface area contributed by atoms with E-state index in [9.17, 15) is 0 Å². The minimum atomic E-state index is 0.517. The maximum absolute atomic E-state index is 5.78. The van der Waals surface area contributed by atoms with Gasteiger partial charge in [-0.3, -0.25) is 0 Å². The molecule has 0 unspecified atom stereocenters. The summed E-state index contributed by atoms with van der Waals surface area (Å²) in [4.78, 5) is 9.82. The molecule has 1 heterocycles. The van der Waals surface area contributed by atoms with Crippen LogP contribution in [0, 0.1) is 6.92 Å². The van der Waals surface area contributed by atoms with Crippen LogP contribution in [-0.2, 0) is 0 Å².